The van der Waals surface area contributed by atoms with Gasteiger partial charge in [0.25, 0.3) is 0 Å². The Morgan fingerprint density at radius 1 is 0.451 bits per heavy atom. The molecule has 0 spiro atoms. The number of hydrogen-bond donors (Lipinski definition) is 0. The molecule has 0 aliphatic heterocycles. The fraction of sp³-hybridized carbons (Fsp3) is 0.0625. The maximum atomic E-state index is 9.23. The molecule has 0 N–H and O–H groups in total. The van der Waals surface area contributed by atoms with Crippen LogP contribution in [0.3, 0.4) is 0 Å². The van der Waals surface area contributed by atoms with Crippen LogP contribution < -0.4 is 0 Å². The number of fused-ring (bicyclic) bond motifs is 4. The zero-order chi connectivity index (χ0) is 34.5. The van der Waals surface area contributed by atoms with Crippen molar-refractivity contribution in [3.05, 3.63) is 180 Å². The largest absolute Gasteiger partial charge is 0.228 e. The van der Waals surface area contributed by atoms with E-state index >= 15 is 0 Å². The first-order valence-electron chi connectivity index (χ1n) is 17.3. The van der Waals surface area contributed by atoms with E-state index in [0.29, 0.717) is 11.4 Å². The van der Waals surface area contributed by atoms with Gasteiger partial charge in [0.15, 0.2) is 5.82 Å². The van der Waals surface area contributed by atoms with Crippen LogP contribution >= 0.6 is 0 Å². The lowest BCUT2D eigenvalue weighted by Crippen LogP contribution is -2.14. The molecule has 3 heteroatoms. The molecule has 0 saturated heterocycles. The van der Waals surface area contributed by atoms with Crippen molar-refractivity contribution in [1.82, 2.24) is 9.97 Å². The number of hydrogen-bond acceptors (Lipinski definition) is 3. The summed E-state index contributed by atoms with van der Waals surface area (Å²) in [5.74, 6) is 0.685. The van der Waals surface area contributed by atoms with Gasteiger partial charge in [-0.25, -0.2) is 9.97 Å². The van der Waals surface area contributed by atoms with Crippen LogP contribution in [0.15, 0.2) is 164 Å². The van der Waals surface area contributed by atoms with E-state index in [1.54, 1.807) is 0 Å². The molecule has 0 bridgehead atoms. The predicted octanol–water partition coefficient (Wildman–Crippen LogP) is 12.1. The third kappa shape index (κ3) is 5.21. The molecular formula is C48H33N3. The summed E-state index contributed by atoms with van der Waals surface area (Å²) in [6.45, 7) is 4.69. The molecule has 0 unspecified atom stereocenters. The number of aromatic nitrogens is 2. The zero-order valence-corrected chi connectivity index (χ0v) is 28.4. The molecular weight excluding hydrogens is 619 g/mol. The third-order valence-corrected chi connectivity index (χ3v) is 10.3. The summed E-state index contributed by atoms with van der Waals surface area (Å²) in [6.07, 6.45) is 0. The second-order valence-electron chi connectivity index (χ2n) is 13.7. The summed E-state index contributed by atoms with van der Waals surface area (Å²) in [5, 5.41) is 11.7. The average molecular weight is 652 g/mol. The van der Waals surface area contributed by atoms with Crippen LogP contribution in [-0.4, -0.2) is 9.97 Å². The van der Waals surface area contributed by atoms with Gasteiger partial charge in [-0.3, -0.25) is 0 Å². The van der Waals surface area contributed by atoms with Gasteiger partial charge in [0.1, 0.15) is 0 Å². The lowest BCUT2D eigenvalue weighted by Gasteiger charge is -2.22. The van der Waals surface area contributed by atoms with E-state index in [0.717, 1.165) is 44.8 Å². The van der Waals surface area contributed by atoms with Crippen molar-refractivity contribution in [2.24, 2.45) is 0 Å². The number of rotatable bonds is 5. The molecule has 51 heavy (non-hydrogen) atoms. The fourth-order valence-electron chi connectivity index (χ4n) is 7.66. The second kappa shape index (κ2) is 12.1. The van der Waals surface area contributed by atoms with Crippen LogP contribution in [0.2, 0.25) is 0 Å². The lowest BCUT2D eigenvalue weighted by molar-refractivity contribution is 0.661. The van der Waals surface area contributed by atoms with Crippen molar-refractivity contribution in [2.45, 2.75) is 19.3 Å². The molecule has 1 aromatic heterocycles. The molecule has 7 aromatic carbocycles. The Kier molecular flexibility index (Phi) is 7.19. The van der Waals surface area contributed by atoms with Gasteiger partial charge in [0.2, 0.25) is 0 Å². The first-order chi connectivity index (χ1) is 25.0. The Balaban J connectivity index is 1.21. The Hall–Kier alpha value is -6.63. The van der Waals surface area contributed by atoms with Gasteiger partial charge in [-0.1, -0.05) is 147 Å². The molecule has 1 aliphatic rings. The van der Waals surface area contributed by atoms with E-state index < -0.39 is 0 Å². The Morgan fingerprint density at radius 2 is 1.04 bits per heavy atom. The first kappa shape index (κ1) is 30.4. The number of benzene rings is 7. The van der Waals surface area contributed by atoms with Crippen molar-refractivity contribution >= 4 is 10.8 Å². The van der Waals surface area contributed by atoms with E-state index in [9.17, 15) is 5.26 Å². The normalized spacial score (nSPS) is 12.6. The molecule has 9 rings (SSSR count). The standard InChI is InChI=1S/C48H33N3/c1-48(2)42-18-10-17-40(46(42)41-27-36-13-6-7-14-37(36)28-43(41)48)38-15-8-9-16-39(38)45-29-44(50-47(51-45)35-11-4-3-5-12-35)34-25-23-33(24-26-34)32-21-19-31(30-49)20-22-32/h3-29H,1-2H3. The molecule has 1 aliphatic carbocycles. The highest BCUT2D eigenvalue weighted by atomic mass is 14.9. The van der Waals surface area contributed by atoms with Gasteiger partial charge >= 0.3 is 0 Å². The molecule has 0 fully saturated rings. The van der Waals surface area contributed by atoms with Crippen LogP contribution in [0.25, 0.3) is 78.1 Å². The molecule has 8 aromatic rings. The maximum Gasteiger partial charge on any atom is 0.160 e. The smallest absolute Gasteiger partial charge is 0.160 e. The quantitative estimate of drug-likeness (QED) is 0.186. The molecule has 0 saturated carbocycles. The first-order valence-corrected chi connectivity index (χ1v) is 17.3. The molecule has 0 radical (unpaired) electrons. The number of nitrogens with zero attached hydrogens (tertiary/aromatic N) is 3. The highest BCUT2D eigenvalue weighted by Gasteiger charge is 2.37. The molecule has 0 amide bonds. The minimum absolute atomic E-state index is 0.133. The molecule has 240 valence electrons. The fourth-order valence-corrected chi connectivity index (χ4v) is 7.66. The Bertz CT molecular complexity index is 2650. The minimum atomic E-state index is -0.133. The van der Waals surface area contributed by atoms with E-state index in [2.05, 4.69) is 141 Å². The van der Waals surface area contributed by atoms with Crippen molar-refractivity contribution in [3.63, 3.8) is 0 Å². The SMILES string of the molecule is CC1(C)c2cc3ccccc3cc2-c2c(-c3ccccc3-c3cc(-c4ccc(-c5ccc(C#N)cc5)cc4)nc(-c4ccccc4)n3)cccc21. The summed E-state index contributed by atoms with van der Waals surface area (Å²) in [6, 6.07) is 59.5. The van der Waals surface area contributed by atoms with Crippen LogP contribution in [0, 0.1) is 11.3 Å². The van der Waals surface area contributed by atoms with Crippen molar-refractivity contribution < 1.29 is 0 Å². The van der Waals surface area contributed by atoms with Crippen molar-refractivity contribution in [2.75, 3.05) is 0 Å². The summed E-state index contributed by atoms with van der Waals surface area (Å²) in [5.41, 5.74) is 15.1. The average Bonchev–Trinajstić information content (AvgIpc) is 3.42. The monoisotopic (exact) mass is 651 g/mol. The van der Waals surface area contributed by atoms with Gasteiger partial charge in [-0.15, -0.1) is 0 Å². The predicted molar refractivity (Wildman–Crippen MR) is 209 cm³/mol. The van der Waals surface area contributed by atoms with Crippen molar-refractivity contribution in [1.29, 1.82) is 5.26 Å². The van der Waals surface area contributed by atoms with E-state index in [1.165, 1.54) is 38.6 Å². The summed E-state index contributed by atoms with van der Waals surface area (Å²) in [7, 11) is 0. The van der Waals surface area contributed by atoms with E-state index in [4.69, 9.17) is 9.97 Å². The maximum absolute atomic E-state index is 9.23. The zero-order valence-electron chi connectivity index (χ0n) is 28.4. The molecule has 0 atom stereocenters. The molecule has 3 nitrogen and oxygen atoms in total. The van der Waals surface area contributed by atoms with Crippen LogP contribution in [0.1, 0.15) is 30.5 Å². The third-order valence-electron chi connectivity index (χ3n) is 10.3. The van der Waals surface area contributed by atoms with Gasteiger partial charge in [-0.2, -0.15) is 5.26 Å². The summed E-state index contributed by atoms with van der Waals surface area (Å²) in [4.78, 5) is 10.4. The Labute approximate surface area is 298 Å². The highest BCUT2D eigenvalue weighted by Crippen LogP contribution is 2.54. The summed E-state index contributed by atoms with van der Waals surface area (Å²) < 4.78 is 0. The highest BCUT2D eigenvalue weighted by molar-refractivity contribution is 6.00. The minimum Gasteiger partial charge on any atom is -0.228 e. The van der Waals surface area contributed by atoms with Crippen molar-refractivity contribution in [3.8, 4) is 73.4 Å². The van der Waals surface area contributed by atoms with Crippen LogP contribution in [-0.2, 0) is 5.41 Å². The number of nitriles is 1. The van der Waals surface area contributed by atoms with Crippen LogP contribution in [0.4, 0.5) is 0 Å². The second-order valence-corrected chi connectivity index (χ2v) is 13.7. The topological polar surface area (TPSA) is 49.6 Å². The Morgan fingerprint density at radius 3 is 1.76 bits per heavy atom. The van der Waals surface area contributed by atoms with E-state index in [1.807, 2.05) is 42.5 Å². The van der Waals surface area contributed by atoms with Crippen LogP contribution in [0.5, 0.6) is 0 Å². The molecule has 1 heterocycles. The lowest BCUT2D eigenvalue weighted by atomic mass is 9.81. The van der Waals surface area contributed by atoms with Gasteiger partial charge in [-0.05, 0) is 85.6 Å². The van der Waals surface area contributed by atoms with Gasteiger partial charge in [0, 0.05) is 22.1 Å². The van der Waals surface area contributed by atoms with Gasteiger partial charge in [0.05, 0.1) is 23.0 Å². The summed E-state index contributed by atoms with van der Waals surface area (Å²) >= 11 is 0. The van der Waals surface area contributed by atoms with Gasteiger partial charge < -0.3 is 0 Å². The van der Waals surface area contributed by atoms with E-state index in [-0.39, 0.29) is 5.41 Å².